The number of rotatable bonds is 1. The van der Waals surface area contributed by atoms with Gasteiger partial charge in [0.15, 0.2) is 0 Å². The number of nitrogens with zero attached hydrogens (tertiary/aromatic N) is 1. The molecule has 0 aromatic rings. The standard InChI is InChI=1S/C22H33NO6/c1-21(2,3)29-20(27)23-9-5-7-16-17(24)13-15-11-14(19(26)28-4)12-18(25)22(15,16)8-6-10-23/h14-16H,5-13H2,1-4H3. The lowest BCUT2D eigenvalue weighted by Gasteiger charge is -2.43. The minimum absolute atomic E-state index is 0.0331. The summed E-state index contributed by atoms with van der Waals surface area (Å²) >= 11 is 0. The highest BCUT2D eigenvalue weighted by molar-refractivity contribution is 5.99. The third-order valence-electron chi connectivity index (χ3n) is 6.83. The molecule has 0 radical (unpaired) electrons. The number of amides is 1. The Morgan fingerprint density at radius 2 is 1.79 bits per heavy atom. The van der Waals surface area contributed by atoms with Crippen molar-refractivity contribution in [3.63, 3.8) is 0 Å². The lowest BCUT2D eigenvalue weighted by Crippen LogP contribution is -2.47. The number of ether oxygens (including phenoxy) is 2. The van der Waals surface area contributed by atoms with Gasteiger partial charge >= 0.3 is 12.1 Å². The van der Waals surface area contributed by atoms with Crippen LogP contribution in [0.15, 0.2) is 0 Å². The summed E-state index contributed by atoms with van der Waals surface area (Å²) in [4.78, 5) is 52.4. The molecule has 7 nitrogen and oxygen atoms in total. The second kappa shape index (κ2) is 8.07. The molecule has 3 aliphatic rings. The summed E-state index contributed by atoms with van der Waals surface area (Å²) < 4.78 is 10.4. The van der Waals surface area contributed by atoms with Crippen LogP contribution in [0.25, 0.3) is 0 Å². The number of Topliss-reactive ketones (excluding diaryl/α,β-unsaturated/α-hetero) is 2. The highest BCUT2D eigenvalue weighted by atomic mass is 16.6. The number of esters is 1. The molecule has 1 amide bonds. The van der Waals surface area contributed by atoms with E-state index in [1.807, 2.05) is 20.8 Å². The molecule has 4 atom stereocenters. The van der Waals surface area contributed by atoms with Crippen molar-refractivity contribution < 1.29 is 28.7 Å². The summed E-state index contributed by atoms with van der Waals surface area (Å²) in [7, 11) is 1.34. The topological polar surface area (TPSA) is 90.0 Å². The summed E-state index contributed by atoms with van der Waals surface area (Å²) in [6.45, 7) is 6.56. The van der Waals surface area contributed by atoms with Crippen molar-refractivity contribution in [2.24, 2.45) is 23.2 Å². The van der Waals surface area contributed by atoms with Gasteiger partial charge in [0.05, 0.1) is 13.0 Å². The van der Waals surface area contributed by atoms with Crippen LogP contribution in [0.2, 0.25) is 0 Å². The van der Waals surface area contributed by atoms with E-state index >= 15 is 0 Å². The molecule has 0 aromatic heterocycles. The van der Waals surface area contributed by atoms with E-state index in [2.05, 4.69) is 0 Å². The summed E-state index contributed by atoms with van der Waals surface area (Å²) in [5.41, 5.74) is -1.24. The van der Waals surface area contributed by atoms with E-state index in [0.717, 1.165) is 0 Å². The van der Waals surface area contributed by atoms with Crippen molar-refractivity contribution in [1.29, 1.82) is 0 Å². The van der Waals surface area contributed by atoms with Gasteiger partial charge in [-0.25, -0.2) is 4.79 Å². The maximum atomic E-state index is 13.3. The van der Waals surface area contributed by atoms with Gasteiger partial charge in [-0.05, 0) is 58.8 Å². The maximum absolute atomic E-state index is 13.3. The minimum Gasteiger partial charge on any atom is -0.469 e. The average Bonchev–Trinajstić information content (AvgIpc) is 2.95. The Labute approximate surface area is 172 Å². The molecule has 4 unspecified atom stereocenters. The largest absolute Gasteiger partial charge is 0.469 e. The zero-order valence-electron chi connectivity index (χ0n) is 18.0. The van der Waals surface area contributed by atoms with Gasteiger partial charge in [-0.2, -0.15) is 0 Å². The van der Waals surface area contributed by atoms with E-state index in [1.165, 1.54) is 7.11 Å². The van der Waals surface area contributed by atoms with Crippen LogP contribution in [-0.4, -0.2) is 54.3 Å². The molecule has 3 rings (SSSR count). The Bertz CT molecular complexity index is 696. The number of carbonyl (C=O) groups is 4. The first-order valence-corrected chi connectivity index (χ1v) is 10.7. The molecule has 29 heavy (non-hydrogen) atoms. The van der Waals surface area contributed by atoms with Crippen molar-refractivity contribution in [3.8, 4) is 0 Å². The quantitative estimate of drug-likeness (QED) is 0.620. The molecule has 2 saturated carbocycles. The van der Waals surface area contributed by atoms with E-state index in [4.69, 9.17) is 9.47 Å². The van der Waals surface area contributed by atoms with Crippen molar-refractivity contribution >= 4 is 23.6 Å². The molecule has 1 saturated heterocycles. The fourth-order valence-corrected chi connectivity index (χ4v) is 5.65. The number of hydrogen-bond acceptors (Lipinski definition) is 6. The minimum atomic E-state index is -0.675. The normalized spacial score (nSPS) is 33.1. The van der Waals surface area contributed by atoms with Crippen LogP contribution >= 0.6 is 0 Å². The highest BCUT2D eigenvalue weighted by Crippen LogP contribution is 2.57. The van der Waals surface area contributed by atoms with Gasteiger partial charge in [0.2, 0.25) is 0 Å². The van der Waals surface area contributed by atoms with Crippen LogP contribution < -0.4 is 0 Å². The SMILES string of the molecule is COC(=O)C1CC(=O)C23CCCN(C(=O)OC(C)(C)C)CCCC2C(=O)CC3C1. The van der Waals surface area contributed by atoms with Gasteiger partial charge in [-0.1, -0.05) is 0 Å². The monoisotopic (exact) mass is 407 g/mol. The average molecular weight is 408 g/mol. The number of methoxy groups -OCH3 is 1. The Balaban J connectivity index is 1.79. The van der Waals surface area contributed by atoms with Crippen molar-refractivity contribution in [2.75, 3.05) is 20.2 Å². The molecule has 7 heteroatoms. The molecular weight excluding hydrogens is 374 g/mol. The summed E-state index contributed by atoms with van der Waals surface area (Å²) in [6, 6.07) is 0. The lowest BCUT2D eigenvalue weighted by atomic mass is 9.58. The van der Waals surface area contributed by atoms with Crippen LogP contribution in [0.3, 0.4) is 0 Å². The molecule has 162 valence electrons. The second-order valence-electron chi connectivity index (χ2n) is 9.76. The maximum Gasteiger partial charge on any atom is 0.410 e. The smallest absolute Gasteiger partial charge is 0.410 e. The summed E-state index contributed by atoms with van der Waals surface area (Å²) in [6.07, 6.45) is 3.22. The Morgan fingerprint density at radius 1 is 1.10 bits per heavy atom. The predicted molar refractivity (Wildman–Crippen MR) is 105 cm³/mol. The van der Waals surface area contributed by atoms with Gasteiger partial charge in [0.1, 0.15) is 17.2 Å². The van der Waals surface area contributed by atoms with Gasteiger partial charge < -0.3 is 14.4 Å². The summed E-state index contributed by atoms with van der Waals surface area (Å²) in [5.74, 6) is -1.02. The van der Waals surface area contributed by atoms with E-state index in [-0.39, 0.29) is 41.9 Å². The van der Waals surface area contributed by atoms with Crippen LogP contribution in [0.4, 0.5) is 4.79 Å². The fourth-order valence-electron chi connectivity index (χ4n) is 5.65. The number of carbonyl (C=O) groups excluding carboxylic acids is 4. The third kappa shape index (κ3) is 4.19. The fraction of sp³-hybridized carbons (Fsp3) is 0.818. The lowest BCUT2D eigenvalue weighted by molar-refractivity contribution is -0.155. The third-order valence-corrected chi connectivity index (χ3v) is 6.83. The highest BCUT2D eigenvalue weighted by Gasteiger charge is 2.61. The first-order chi connectivity index (χ1) is 13.6. The van der Waals surface area contributed by atoms with E-state index in [1.54, 1.807) is 4.90 Å². The molecule has 0 aromatic carbocycles. The van der Waals surface area contributed by atoms with Gasteiger partial charge in [0.25, 0.3) is 0 Å². The zero-order valence-corrected chi connectivity index (χ0v) is 18.0. The molecular formula is C22H33NO6. The Kier molecular flexibility index (Phi) is 6.06. The molecule has 1 aliphatic heterocycles. The number of hydrogen-bond donors (Lipinski definition) is 0. The van der Waals surface area contributed by atoms with E-state index in [9.17, 15) is 19.2 Å². The van der Waals surface area contributed by atoms with Crippen LogP contribution in [-0.2, 0) is 23.9 Å². The first kappa shape index (κ1) is 21.8. The van der Waals surface area contributed by atoms with Crippen LogP contribution in [0.1, 0.15) is 65.7 Å². The second-order valence-corrected chi connectivity index (χ2v) is 9.76. The van der Waals surface area contributed by atoms with Crippen molar-refractivity contribution in [3.05, 3.63) is 0 Å². The molecule has 0 N–H and O–H groups in total. The molecule has 1 heterocycles. The zero-order chi connectivity index (χ0) is 21.4. The summed E-state index contributed by atoms with van der Waals surface area (Å²) in [5, 5.41) is 0. The predicted octanol–water partition coefficient (Wildman–Crippen LogP) is 3.14. The molecule has 3 fully saturated rings. The first-order valence-electron chi connectivity index (χ1n) is 10.7. The molecule has 0 bridgehead atoms. The molecule has 2 aliphatic carbocycles. The van der Waals surface area contributed by atoms with Gasteiger partial charge in [-0.3, -0.25) is 14.4 Å². The van der Waals surface area contributed by atoms with Crippen molar-refractivity contribution in [1.82, 2.24) is 4.90 Å². The Morgan fingerprint density at radius 3 is 2.45 bits per heavy atom. The number of ketones is 2. The van der Waals surface area contributed by atoms with Crippen molar-refractivity contribution in [2.45, 2.75) is 71.3 Å². The van der Waals surface area contributed by atoms with Gasteiger partial charge in [0, 0.05) is 37.3 Å². The van der Waals surface area contributed by atoms with E-state index in [0.29, 0.717) is 51.6 Å². The molecule has 1 spiro atoms. The Hall–Kier alpha value is -1.92. The van der Waals surface area contributed by atoms with E-state index < -0.39 is 16.9 Å². The van der Waals surface area contributed by atoms with Crippen LogP contribution in [0, 0.1) is 23.2 Å². The van der Waals surface area contributed by atoms with Gasteiger partial charge in [-0.15, -0.1) is 0 Å². The van der Waals surface area contributed by atoms with Crippen LogP contribution in [0.5, 0.6) is 0 Å².